The van der Waals surface area contributed by atoms with E-state index in [9.17, 15) is 5.11 Å². The first-order chi connectivity index (χ1) is 5.20. The fraction of sp³-hybridized carbons (Fsp3) is 0.375. The summed E-state index contributed by atoms with van der Waals surface area (Å²) in [5.41, 5.74) is 3.44. The van der Waals surface area contributed by atoms with E-state index in [4.69, 9.17) is 0 Å². The fourth-order valence-electron chi connectivity index (χ4n) is 0.821. The summed E-state index contributed by atoms with van der Waals surface area (Å²) in [5, 5.41) is 11.3. The molecule has 1 unspecified atom stereocenters. The van der Waals surface area contributed by atoms with E-state index in [1.165, 1.54) is 11.3 Å². The summed E-state index contributed by atoms with van der Waals surface area (Å²) in [6.07, 6.45) is 0.128. The van der Waals surface area contributed by atoms with Gasteiger partial charge in [-0.3, -0.25) is 0 Å². The lowest BCUT2D eigenvalue weighted by molar-refractivity contribution is 0.174. The molecule has 0 saturated heterocycles. The van der Waals surface area contributed by atoms with Crippen molar-refractivity contribution in [1.82, 2.24) is 4.98 Å². The minimum absolute atomic E-state index is 0.473. The molecule has 0 saturated carbocycles. The third-order valence-corrected chi connectivity index (χ3v) is 1.94. The van der Waals surface area contributed by atoms with Gasteiger partial charge in [-0.25, -0.2) is 4.98 Å². The van der Waals surface area contributed by atoms with Gasteiger partial charge in [0.25, 0.3) is 0 Å². The van der Waals surface area contributed by atoms with E-state index in [0.29, 0.717) is 6.42 Å². The molecule has 1 rings (SSSR count). The zero-order valence-electron chi connectivity index (χ0n) is 6.45. The van der Waals surface area contributed by atoms with Crippen LogP contribution in [0.15, 0.2) is 23.0 Å². The van der Waals surface area contributed by atoms with Crippen molar-refractivity contribution in [2.24, 2.45) is 0 Å². The molecule has 0 radical (unpaired) electrons. The normalized spacial score (nSPS) is 12.9. The Labute approximate surface area is 70.2 Å². The van der Waals surface area contributed by atoms with Crippen molar-refractivity contribution >= 4 is 11.3 Å². The molecule has 0 bridgehead atoms. The topological polar surface area (TPSA) is 33.1 Å². The smallest absolute Gasteiger partial charge is 0.100 e. The first-order valence-electron chi connectivity index (χ1n) is 3.40. The van der Waals surface area contributed by atoms with Gasteiger partial charge in [0.15, 0.2) is 0 Å². The second kappa shape index (κ2) is 3.64. The third kappa shape index (κ3) is 2.44. The summed E-state index contributed by atoms with van der Waals surface area (Å²) in [5.74, 6) is 0. The number of hydrogen-bond acceptors (Lipinski definition) is 3. The van der Waals surface area contributed by atoms with Gasteiger partial charge in [0.05, 0.1) is 11.2 Å². The Hall–Kier alpha value is -0.670. The molecule has 1 heterocycles. The standard InChI is InChI=1S/C8H11NOS/c1-6(2)3-8(10)7-4-11-5-9-7/h4-5,8,10H,1,3H2,2H3. The maximum Gasteiger partial charge on any atom is 0.100 e. The van der Waals surface area contributed by atoms with Crippen molar-refractivity contribution in [2.45, 2.75) is 19.4 Å². The van der Waals surface area contributed by atoms with Gasteiger partial charge in [-0.1, -0.05) is 5.57 Å². The van der Waals surface area contributed by atoms with Crippen molar-refractivity contribution in [1.29, 1.82) is 0 Å². The van der Waals surface area contributed by atoms with Crippen molar-refractivity contribution < 1.29 is 5.11 Å². The summed E-state index contributed by atoms with van der Waals surface area (Å²) in [6.45, 7) is 5.62. The van der Waals surface area contributed by atoms with E-state index in [1.807, 2.05) is 12.3 Å². The summed E-state index contributed by atoms with van der Waals surface area (Å²) in [4.78, 5) is 4.00. The largest absolute Gasteiger partial charge is 0.386 e. The van der Waals surface area contributed by atoms with Crippen molar-refractivity contribution in [3.05, 3.63) is 28.7 Å². The highest BCUT2D eigenvalue weighted by atomic mass is 32.1. The highest BCUT2D eigenvalue weighted by molar-refractivity contribution is 7.07. The Morgan fingerprint density at radius 3 is 3.09 bits per heavy atom. The zero-order valence-corrected chi connectivity index (χ0v) is 7.27. The molecule has 0 amide bonds. The van der Waals surface area contributed by atoms with Gasteiger partial charge in [-0.15, -0.1) is 17.9 Å². The number of aromatic nitrogens is 1. The Morgan fingerprint density at radius 1 is 1.91 bits per heavy atom. The number of aliphatic hydroxyl groups is 1. The van der Waals surface area contributed by atoms with Crippen LogP contribution in [0.3, 0.4) is 0 Å². The molecule has 1 aromatic rings. The van der Waals surface area contributed by atoms with Crippen LogP contribution < -0.4 is 0 Å². The lowest BCUT2D eigenvalue weighted by atomic mass is 10.1. The second-order valence-corrected chi connectivity index (χ2v) is 3.31. The van der Waals surface area contributed by atoms with Crippen LogP contribution in [0.5, 0.6) is 0 Å². The van der Waals surface area contributed by atoms with Crippen LogP contribution in [-0.4, -0.2) is 10.1 Å². The number of rotatable bonds is 3. The van der Waals surface area contributed by atoms with E-state index >= 15 is 0 Å². The molecule has 0 aliphatic carbocycles. The lowest BCUT2D eigenvalue weighted by Crippen LogP contribution is -1.97. The predicted octanol–water partition coefficient (Wildman–Crippen LogP) is 2.14. The Morgan fingerprint density at radius 2 is 2.64 bits per heavy atom. The van der Waals surface area contributed by atoms with Gasteiger partial charge in [0, 0.05) is 5.38 Å². The van der Waals surface area contributed by atoms with Crippen molar-refractivity contribution in [3.8, 4) is 0 Å². The molecule has 11 heavy (non-hydrogen) atoms. The maximum atomic E-state index is 9.46. The molecule has 0 aromatic carbocycles. The zero-order chi connectivity index (χ0) is 8.27. The maximum absolute atomic E-state index is 9.46. The third-order valence-electron chi connectivity index (χ3n) is 1.33. The second-order valence-electron chi connectivity index (χ2n) is 2.59. The fourth-order valence-corrected chi connectivity index (χ4v) is 1.42. The number of nitrogens with zero attached hydrogens (tertiary/aromatic N) is 1. The minimum atomic E-state index is -0.473. The molecule has 60 valence electrons. The highest BCUT2D eigenvalue weighted by Gasteiger charge is 2.08. The summed E-state index contributed by atoms with van der Waals surface area (Å²) < 4.78 is 0. The van der Waals surface area contributed by atoms with Gasteiger partial charge in [0.1, 0.15) is 6.10 Å². The van der Waals surface area contributed by atoms with Crippen LogP contribution >= 0.6 is 11.3 Å². The lowest BCUT2D eigenvalue weighted by Gasteiger charge is -2.05. The summed E-state index contributed by atoms with van der Waals surface area (Å²) in [6, 6.07) is 0. The Kier molecular flexibility index (Phi) is 2.79. The van der Waals surface area contributed by atoms with E-state index < -0.39 is 6.10 Å². The molecule has 1 aromatic heterocycles. The van der Waals surface area contributed by atoms with Gasteiger partial charge < -0.3 is 5.11 Å². The molecule has 3 heteroatoms. The molecule has 0 spiro atoms. The Bertz CT molecular complexity index is 230. The summed E-state index contributed by atoms with van der Waals surface area (Å²) >= 11 is 1.49. The SMILES string of the molecule is C=C(C)CC(O)c1cscn1. The summed E-state index contributed by atoms with van der Waals surface area (Å²) in [7, 11) is 0. The van der Waals surface area contributed by atoms with Crippen LogP contribution in [0.1, 0.15) is 25.1 Å². The molecule has 0 aliphatic heterocycles. The van der Waals surface area contributed by atoms with Crippen LogP contribution in [0.25, 0.3) is 0 Å². The number of thiazole rings is 1. The van der Waals surface area contributed by atoms with Crippen LogP contribution in [0, 0.1) is 0 Å². The molecular formula is C8H11NOS. The van der Waals surface area contributed by atoms with Gasteiger partial charge in [0.2, 0.25) is 0 Å². The average molecular weight is 169 g/mol. The Balaban J connectivity index is 2.56. The minimum Gasteiger partial charge on any atom is -0.386 e. The highest BCUT2D eigenvalue weighted by Crippen LogP contribution is 2.19. The first kappa shape index (κ1) is 8.43. The quantitative estimate of drug-likeness (QED) is 0.703. The van der Waals surface area contributed by atoms with Gasteiger partial charge in [-0.2, -0.15) is 0 Å². The van der Waals surface area contributed by atoms with Crippen molar-refractivity contribution in [3.63, 3.8) is 0 Å². The molecule has 2 nitrogen and oxygen atoms in total. The van der Waals surface area contributed by atoms with E-state index in [2.05, 4.69) is 11.6 Å². The monoisotopic (exact) mass is 169 g/mol. The van der Waals surface area contributed by atoms with Crippen molar-refractivity contribution in [2.75, 3.05) is 0 Å². The number of aliphatic hydroxyl groups excluding tert-OH is 1. The van der Waals surface area contributed by atoms with Gasteiger partial charge >= 0.3 is 0 Å². The molecule has 0 aliphatic rings. The molecule has 1 atom stereocenters. The molecule has 1 N–H and O–H groups in total. The molecular weight excluding hydrogens is 158 g/mol. The number of hydrogen-bond donors (Lipinski definition) is 1. The van der Waals surface area contributed by atoms with Gasteiger partial charge in [-0.05, 0) is 13.3 Å². The van der Waals surface area contributed by atoms with Crippen LogP contribution in [0.2, 0.25) is 0 Å². The predicted molar refractivity (Wildman–Crippen MR) is 46.5 cm³/mol. The average Bonchev–Trinajstić information content (AvgIpc) is 2.35. The van der Waals surface area contributed by atoms with E-state index in [0.717, 1.165) is 11.3 Å². The van der Waals surface area contributed by atoms with E-state index in [-0.39, 0.29) is 0 Å². The van der Waals surface area contributed by atoms with E-state index in [1.54, 1.807) is 5.51 Å². The molecule has 0 fully saturated rings. The first-order valence-corrected chi connectivity index (χ1v) is 4.35. The van der Waals surface area contributed by atoms with Crippen LogP contribution in [-0.2, 0) is 0 Å². The van der Waals surface area contributed by atoms with Crippen LogP contribution in [0.4, 0.5) is 0 Å².